The minimum atomic E-state index is -0.297. The number of halogens is 1. The third kappa shape index (κ3) is 0.895. The van der Waals surface area contributed by atoms with Crippen molar-refractivity contribution in [2.75, 3.05) is 7.05 Å². The van der Waals surface area contributed by atoms with Gasteiger partial charge in [-0.05, 0) is 34.8 Å². The minimum Gasteiger partial charge on any atom is -0.453 e. The average molecular weight is 256 g/mol. The van der Waals surface area contributed by atoms with Gasteiger partial charge in [0.15, 0.2) is 4.67 Å². The fraction of sp³-hybridized carbons (Fsp3) is 0.500. The smallest absolute Gasteiger partial charge is 0.236 e. The molecule has 1 fully saturated rings. The second-order valence-electron chi connectivity index (χ2n) is 4.15. The number of rotatable bonds is 0. The molecule has 0 radical (unpaired) electrons. The lowest BCUT2D eigenvalue weighted by Crippen LogP contribution is -2.40. The first-order valence-corrected chi connectivity index (χ1v) is 5.47. The maximum atomic E-state index is 11.9. The first kappa shape index (κ1) is 8.53. The highest BCUT2D eigenvalue weighted by molar-refractivity contribution is 9.10. The zero-order valence-corrected chi connectivity index (χ0v) is 9.43. The van der Waals surface area contributed by atoms with E-state index in [9.17, 15) is 4.79 Å². The highest BCUT2D eigenvalue weighted by atomic mass is 79.9. The van der Waals surface area contributed by atoms with Crippen LogP contribution in [0.1, 0.15) is 24.2 Å². The van der Waals surface area contributed by atoms with Crippen LogP contribution in [0.2, 0.25) is 0 Å². The van der Waals surface area contributed by atoms with Crippen LogP contribution >= 0.6 is 15.9 Å². The van der Waals surface area contributed by atoms with E-state index in [0.29, 0.717) is 6.54 Å². The molecule has 3 nitrogen and oxygen atoms in total. The maximum Gasteiger partial charge on any atom is 0.236 e. The van der Waals surface area contributed by atoms with Crippen LogP contribution in [-0.4, -0.2) is 17.9 Å². The van der Waals surface area contributed by atoms with Crippen LogP contribution in [0.5, 0.6) is 0 Å². The number of furan rings is 1. The molecule has 2 heterocycles. The van der Waals surface area contributed by atoms with E-state index in [1.54, 1.807) is 4.90 Å². The Balaban J connectivity index is 2.19. The summed E-state index contributed by atoms with van der Waals surface area (Å²) in [5.74, 6) is 1.11. The molecule has 14 heavy (non-hydrogen) atoms. The highest BCUT2D eigenvalue weighted by Gasteiger charge is 2.58. The van der Waals surface area contributed by atoms with Crippen molar-refractivity contribution >= 4 is 21.8 Å². The molecule has 1 aromatic heterocycles. The second-order valence-corrected chi connectivity index (χ2v) is 4.93. The van der Waals surface area contributed by atoms with Crippen molar-refractivity contribution in [3.8, 4) is 0 Å². The van der Waals surface area contributed by atoms with Crippen LogP contribution in [0.4, 0.5) is 0 Å². The lowest BCUT2D eigenvalue weighted by atomic mass is 9.94. The maximum absolute atomic E-state index is 11.9. The summed E-state index contributed by atoms with van der Waals surface area (Å²) in [6, 6.07) is 1.97. The lowest BCUT2D eigenvalue weighted by Gasteiger charge is -2.28. The number of carbonyl (C=O) groups excluding carboxylic acids is 1. The zero-order valence-electron chi connectivity index (χ0n) is 7.84. The van der Waals surface area contributed by atoms with E-state index in [2.05, 4.69) is 15.9 Å². The fourth-order valence-electron chi connectivity index (χ4n) is 2.27. The number of nitrogens with zero attached hydrogens (tertiary/aromatic N) is 1. The predicted molar refractivity (Wildman–Crippen MR) is 53.8 cm³/mol. The molecule has 3 rings (SSSR count). The van der Waals surface area contributed by atoms with Crippen LogP contribution in [-0.2, 0) is 16.8 Å². The van der Waals surface area contributed by atoms with Crippen LogP contribution in [0, 0.1) is 0 Å². The minimum absolute atomic E-state index is 0.215. The Hall–Kier alpha value is -0.770. The molecule has 0 atom stereocenters. The Morgan fingerprint density at radius 1 is 1.57 bits per heavy atom. The quantitative estimate of drug-likeness (QED) is 0.711. The monoisotopic (exact) mass is 255 g/mol. The Morgan fingerprint density at radius 3 is 2.93 bits per heavy atom. The van der Waals surface area contributed by atoms with Gasteiger partial charge in [-0.15, -0.1) is 0 Å². The Bertz CT molecular complexity index is 420. The third-order valence-electron chi connectivity index (χ3n) is 3.13. The standard InChI is InChI=1S/C10H10BrNO2/c1-12-5-6-4-7(11)14-8(6)10(2-3-10)9(12)13/h4H,2-3,5H2,1H3. The molecule has 1 aliphatic carbocycles. The molecular weight excluding hydrogens is 246 g/mol. The lowest BCUT2D eigenvalue weighted by molar-refractivity contribution is -0.134. The largest absolute Gasteiger partial charge is 0.453 e. The van der Waals surface area contributed by atoms with Gasteiger partial charge >= 0.3 is 0 Å². The number of hydrogen-bond acceptors (Lipinski definition) is 2. The Morgan fingerprint density at radius 2 is 2.29 bits per heavy atom. The second kappa shape index (κ2) is 2.42. The van der Waals surface area contributed by atoms with E-state index >= 15 is 0 Å². The van der Waals surface area contributed by atoms with Crippen LogP contribution in [0.15, 0.2) is 15.2 Å². The molecule has 1 saturated carbocycles. The summed E-state index contributed by atoms with van der Waals surface area (Å²) in [5.41, 5.74) is 0.852. The van der Waals surface area contributed by atoms with Gasteiger partial charge in [0.25, 0.3) is 0 Å². The van der Waals surface area contributed by atoms with Crippen molar-refractivity contribution in [3.05, 3.63) is 22.1 Å². The zero-order chi connectivity index (χ0) is 9.92. The molecule has 0 aromatic carbocycles. The van der Waals surface area contributed by atoms with Crippen molar-refractivity contribution in [1.82, 2.24) is 4.90 Å². The Kier molecular flexibility index (Phi) is 1.48. The molecular formula is C10H10BrNO2. The van der Waals surface area contributed by atoms with Crippen molar-refractivity contribution in [2.24, 2.45) is 0 Å². The van der Waals surface area contributed by atoms with Crippen molar-refractivity contribution < 1.29 is 9.21 Å². The summed E-state index contributed by atoms with van der Waals surface area (Å²) >= 11 is 3.32. The van der Waals surface area contributed by atoms with Gasteiger partial charge in [0.05, 0.1) is 0 Å². The molecule has 1 aromatic rings. The summed E-state index contributed by atoms with van der Waals surface area (Å²) < 4.78 is 6.30. The number of hydrogen-bond donors (Lipinski definition) is 0. The van der Waals surface area contributed by atoms with Gasteiger partial charge in [-0.2, -0.15) is 0 Å². The number of amides is 1. The number of carbonyl (C=O) groups is 1. The summed E-state index contributed by atoms with van der Waals surface area (Å²) in [7, 11) is 1.85. The topological polar surface area (TPSA) is 33.5 Å². The van der Waals surface area contributed by atoms with E-state index in [-0.39, 0.29) is 11.3 Å². The fourth-order valence-corrected chi connectivity index (χ4v) is 2.71. The molecule has 1 amide bonds. The molecule has 74 valence electrons. The summed E-state index contributed by atoms with van der Waals surface area (Å²) in [6.07, 6.45) is 1.87. The van der Waals surface area contributed by atoms with Crippen LogP contribution in [0.25, 0.3) is 0 Å². The number of likely N-dealkylation sites (N-methyl/N-ethyl adjacent to an activating group) is 1. The molecule has 1 spiro atoms. The van der Waals surface area contributed by atoms with Gasteiger partial charge in [0.1, 0.15) is 11.2 Å². The van der Waals surface area contributed by atoms with Crippen molar-refractivity contribution in [2.45, 2.75) is 24.8 Å². The van der Waals surface area contributed by atoms with Gasteiger partial charge in [-0.25, -0.2) is 0 Å². The first-order chi connectivity index (χ1) is 6.63. The summed E-state index contributed by atoms with van der Waals surface area (Å²) in [4.78, 5) is 13.7. The Labute approximate surface area is 90.2 Å². The molecule has 4 heteroatoms. The predicted octanol–water partition coefficient (Wildman–Crippen LogP) is 2.05. The van der Waals surface area contributed by atoms with Crippen LogP contribution < -0.4 is 0 Å². The van der Waals surface area contributed by atoms with Gasteiger partial charge in [-0.3, -0.25) is 4.79 Å². The normalized spacial score (nSPS) is 22.7. The summed E-state index contributed by atoms with van der Waals surface area (Å²) in [6.45, 7) is 0.672. The summed E-state index contributed by atoms with van der Waals surface area (Å²) in [5, 5.41) is 0. The molecule has 0 bridgehead atoms. The first-order valence-electron chi connectivity index (χ1n) is 4.68. The van der Waals surface area contributed by atoms with E-state index in [1.165, 1.54) is 0 Å². The van der Waals surface area contributed by atoms with E-state index < -0.39 is 0 Å². The van der Waals surface area contributed by atoms with Gasteiger partial charge < -0.3 is 9.32 Å². The van der Waals surface area contributed by atoms with E-state index in [4.69, 9.17) is 4.42 Å². The molecule has 0 unspecified atom stereocenters. The molecule has 0 N–H and O–H groups in total. The number of fused-ring (bicyclic) bond motifs is 2. The van der Waals surface area contributed by atoms with Crippen molar-refractivity contribution in [3.63, 3.8) is 0 Å². The molecule has 2 aliphatic rings. The average Bonchev–Trinajstić information content (AvgIpc) is 2.84. The molecule has 0 saturated heterocycles. The van der Waals surface area contributed by atoms with Gasteiger partial charge in [0, 0.05) is 19.2 Å². The van der Waals surface area contributed by atoms with Crippen molar-refractivity contribution in [1.29, 1.82) is 0 Å². The molecule has 1 aliphatic heterocycles. The highest BCUT2D eigenvalue weighted by Crippen LogP contribution is 2.54. The third-order valence-corrected chi connectivity index (χ3v) is 3.52. The van der Waals surface area contributed by atoms with E-state index in [1.807, 2.05) is 13.1 Å². The van der Waals surface area contributed by atoms with Crippen LogP contribution in [0.3, 0.4) is 0 Å². The van der Waals surface area contributed by atoms with E-state index in [0.717, 1.165) is 28.8 Å². The van der Waals surface area contributed by atoms with Gasteiger partial charge in [-0.1, -0.05) is 0 Å². The SMILES string of the molecule is CN1Cc2cc(Br)oc2C2(CC2)C1=O. The van der Waals surface area contributed by atoms with Gasteiger partial charge in [0.2, 0.25) is 5.91 Å².